The predicted octanol–water partition coefficient (Wildman–Crippen LogP) is -1.65. The summed E-state index contributed by atoms with van der Waals surface area (Å²) in [6.45, 7) is -0.754. The van der Waals surface area contributed by atoms with E-state index in [2.05, 4.69) is 19.7 Å². The van der Waals surface area contributed by atoms with Crippen LogP contribution in [-0.4, -0.2) is 83.7 Å². The first kappa shape index (κ1) is 20.1. The fraction of sp³-hybridized carbons (Fsp3) is 0.600. The van der Waals surface area contributed by atoms with Crippen LogP contribution < -0.4 is 0 Å². The lowest BCUT2D eigenvalue weighted by Gasteiger charge is -2.21. The van der Waals surface area contributed by atoms with Crippen LogP contribution in [0.3, 0.4) is 0 Å². The Labute approximate surface area is 148 Å². The second-order valence-corrected chi connectivity index (χ2v) is 5.46. The van der Waals surface area contributed by atoms with Crippen LogP contribution in [0.25, 0.3) is 0 Å². The number of rotatable bonds is 6. The Kier molecular flexibility index (Phi) is 6.56. The number of aliphatic hydroxyl groups is 3. The number of carbonyl (C=O) groups excluding carboxylic acids is 2. The molecular weight excluding hydrogens is 352 g/mol. The van der Waals surface area contributed by atoms with Crippen molar-refractivity contribution >= 4 is 11.9 Å². The summed E-state index contributed by atoms with van der Waals surface area (Å²) in [5.74, 6) is -1.73. The zero-order valence-corrected chi connectivity index (χ0v) is 14.4. The number of aliphatic hydroxyl groups excluding tert-OH is 3. The summed E-state index contributed by atoms with van der Waals surface area (Å²) < 4.78 is 19.9. The molecule has 11 heteroatoms. The Bertz CT molecular complexity index is 681. The number of methoxy groups -OCH3 is 3. The molecule has 0 amide bonds. The Morgan fingerprint density at radius 3 is 2.12 bits per heavy atom. The van der Waals surface area contributed by atoms with E-state index < -0.39 is 43.0 Å². The first-order valence-corrected chi connectivity index (χ1v) is 7.58. The third kappa shape index (κ3) is 3.52. The molecule has 0 unspecified atom stereocenters. The normalized spacial score (nSPS) is 25.2. The van der Waals surface area contributed by atoms with Crippen LogP contribution in [0, 0.1) is 0 Å². The highest BCUT2D eigenvalue weighted by Crippen LogP contribution is 2.37. The molecule has 0 bridgehead atoms. The lowest BCUT2D eigenvalue weighted by atomic mass is 9.95. The second-order valence-electron chi connectivity index (χ2n) is 5.46. The van der Waals surface area contributed by atoms with Gasteiger partial charge in [-0.15, -0.1) is 10.2 Å². The number of ether oxygens (including phenoxy) is 4. The topological polar surface area (TPSA) is 158 Å². The van der Waals surface area contributed by atoms with Crippen molar-refractivity contribution < 1.29 is 43.9 Å². The van der Waals surface area contributed by atoms with Crippen molar-refractivity contribution in [3.8, 4) is 0 Å². The molecular formula is C15H20N2O9. The molecule has 0 aromatic carbocycles. The van der Waals surface area contributed by atoms with Crippen molar-refractivity contribution in [2.75, 3.05) is 27.9 Å². The van der Waals surface area contributed by atoms with Gasteiger partial charge in [-0.1, -0.05) is 0 Å². The van der Waals surface area contributed by atoms with Crippen molar-refractivity contribution in [1.82, 2.24) is 10.2 Å². The summed E-state index contributed by atoms with van der Waals surface area (Å²) in [5, 5.41) is 37.0. The smallest absolute Gasteiger partial charge is 0.358 e. The van der Waals surface area contributed by atoms with Gasteiger partial charge >= 0.3 is 11.9 Å². The standard InChI is InChI=1S/C15H20N2O9/c1-23-5-6-8(13-12(20)11(19)7(4-18)26-13)10(15(22)25-3)17-16-9(6)14(21)24-2/h7,11-13,18-20H,4-5H2,1-3H3/t7-,11-,12-,13+/m1/s1. The molecule has 0 saturated carbocycles. The van der Waals surface area contributed by atoms with Gasteiger partial charge in [0.05, 0.1) is 27.4 Å². The lowest BCUT2D eigenvalue weighted by molar-refractivity contribution is -0.0239. The quantitative estimate of drug-likeness (QED) is 0.491. The number of nitrogens with zero attached hydrogens (tertiary/aromatic N) is 2. The van der Waals surface area contributed by atoms with E-state index in [1.54, 1.807) is 0 Å². The van der Waals surface area contributed by atoms with Gasteiger partial charge in [-0.3, -0.25) is 0 Å². The highest BCUT2D eigenvalue weighted by atomic mass is 16.6. The van der Waals surface area contributed by atoms with E-state index in [4.69, 9.17) is 9.47 Å². The number of hydrogen-bond acceptors (Lipinski definition) is 11. The molecule has 1 saturated heterocycles. The van der Waals surface area contributed by atoms with Gasteiger partial charge in [0.15, 0.2) is 11.4 Å². The van der Waals surface area contributed by atoms with E-state index in [-0.39, 0.29) is 29.1 Å². The second kappa shape index (κ2) is 8.47. The van der Waals surface area contributed by atoms with Gasteiger partial charge in [-0.25, -0.2) is 9.59 Å². The third-order valence-electron chi connectivity index (χ3n) is 3.99. The molecule has 11 nitrogen and oxygen atoms in total. The summed E-state index contributed by atoms with van der Waals surface area (Å²) in [6, 6.07) is 0. The van der Waals surface area contributed by atoms with Crippen molar-refractivity contribution in [2.24, 2.45) is 0 Å². The fourth-order valence-corrected chi connectivity index (χ4v) is 2.73. The Morgan fingerprint density at radius 1 is 1.04 bits per heavy atom. The number of carbonyl (C=O) groups is 2. The molecule has 0 spiro atoms. The molecule has 0 aliphatic carbocycles. The van der Waals surface area contributed by atoms with Gasteiger partial charge in [0.1, 0.15) is 24.4 Å². The van der Waals surface area contributed by atoms with Gasteiger partial charge in [-0.2, -0.15) is 0 Å². The Morgan fingerprint density at radius 2 is 1.62 bits per heavy atom. The maximum atomic E-state index is 12.1. The first-order chi connectivity index (χ1) is 12.4. The van der Waals surface area contributed by atoms with Crippen LogP contribution in [0.1, 0.15) is 38.2 Å². The highest BCUT2D eigenvalue weighted by molar-refractivity contribution is 5.93. The van der Waals surface area contributed by atoms with E-state index in [1.165, 1.54) is 7.11 Å². The monoisotopic (exact) mass is 372 g/mol. The summed E-state index contributed by atoms with van der Waals surface area (Å²) in [7, 11) is 3.61. The van der Waals surface area contributed by atoms with Crippen LogP contribution in [0.2, 0.25) is 0 Å². The van der Waals surface area contributed by atoms with Crippen molar-refractivity contribution in [2.45, 2.75) is 31.0 Å². The van der Waals surface area contributed by atoms with E-state index >= 15 is 0 Å². The average molecular weight is 372 g/mol. The highest BCUT2D eigenvalue weighted by Gasteiger charge is 2.46. The largest absolute Gasteiger partial charge is 0.464 e. The zero-order chi connectivity index (χ0) is 19.4. The molecule has 1 fully saturated rings. The maximum absolute atomic E-state index is 12.1. The minimum absolute atomic E-state index is 0.0309. The predicted molar refractivity (Wildman–Crippen MR) is 82.1 cm³/mol. The molecule has 1 aromatic heterocycles. The van der Waals surface area contributed by atoms with Crippen molar-refractivity contribution in [3.63, 3.8) is 0 Å². The molecule has 2 heterocycles. The van der Waals surface area contributed by atoms with Crippen molar-refractivity contribution in [3.05, 3.63) is 22.5 Å². The van der Waals surface area contributed by atoms with Crippen molar-refractivity contribution in [1.29, 1.82) is 0 Å². The Hall–Kier alpha value is -2.18. The minimum atomic E-state index is -1.50. The van der Waals surface area contributed by atoms with Crippen LogP contribution in [-0.2, 0) is 25.6 Å². The summed E-state index contributed by atoms with van der Waals surface area (Å²) in [6.07, 6.45) is -5.28. The van der Waals surface area contributed by atoms with Gasteiger partial charge in [0, 0.05) is 18.2 Å². The first-order valence-electron chi connectivity index (χ1n) is 7.58. The molecule has 4 atom stereocenters. The SMILES string of the molecule is COCc1c(C(=O)OC)nnc(C(=O)OC)c1[C@@H]1O[C@H](CO)[C@@H](O)[C@H]1O. The van der Waals surface area contributed by atoms with E-state index in [0.717, 1.165) is 14.2 Å². The number of esters is 2. The molecule has 1 aliphatic heterocycles. The van der Waals surface area contributed by atoms with Crippen LogP contribution in [0.4, 0.5) is 0 Å². The fourth-order valence-electron chi connectivity index (χ4n) is 2.73. The molecule has 2 rings (SSSR count). The minimum Gasteiger partial charge on any atom is -0.464 e. The molecule has 26 heavy (non-hydrogen) atoms. The summed E-state index contributed by atoms with van der Waals surface area (Å²) in [4.78, 5) is 24.1. The van der Waals surface area contributed by atoms with Crippen LogP contribution in [0.15, 0.2) is 0 Å². The van der Waals surface area contributed by atoms with E-state index in [1.807, 2.05) is 0 Å². The van der Waals surface area contributed by atoms with Gasteiger partial charge < -0.3 is 34.3 Å². The van der Waals surface area contributed by atoms with Gasteiger partial charge in [-0.05, 0) is 0 Å². The maximum Gasteiger partial charge on any atom is 0.358 e. The molecule has 3 N–H and O–H groups in total. The van der Waals surface area contributed by atoms with Crippen LogP contribution >= 0.6 is 0 Å². The molecule has 0 radical (unpaired) electrons. The molecule has 1 aliphatic rings. The number of hydrogen-bond donors (Lipinski definition) is 3. The lowest BCUT2D eigenvalue weighted by Crippen LogP contribution is -2.33. The third-order valence-corrected chi connectivity index (χ3v) is 3.99. The number of aromatic nitrogens is 2. The summed E-state index contributed by atoms with van der Waals surface area (Å²) in [5.41, 5.74) is -0.502. The average Bonchev–Trinajstić information content (AvgIpc) is 2.94. The van der Waals surface area contributed by atoms with Gasteiger partial charge in [0.2, 0.25) is 0 Å². The zero-order valence-electron chi connectivity index (χ0n) is 14.4. The molecule has 1 aromatic rings. The summed E-state index contributed by atoms with van der Waals surface area (Å²) >= 11 is 0. The molecule has 144 valence electrons. The van der Waals surface area contributed by atoms with Gasteiger partial charge in [0.25, 0.3) is 0 Å². The van der Waals surface area contributed by atoms with E-state index in [9.17, 15) is 24.9 Å². The van der Waals surface area contributed by atoms with E-state index in [0.29, 0.717) is 0 Å². The Balaban J connectivity index is 2.69. The van der Waals surface area contributed by atoms with Crippen LogP contribution in [0.5, 0.6) is 0 Å².